The van der Waals surface area contributed by atoms with E-state index < -0.39 is 0 Å². The van der Waals surface area contributed by atoms with Gasteiger partial charge in [0.25, 0.3) is 0 Å². The van der Waals surface area contributed by atoms with Crippen molar-refractivity contribution in [1.82, 2.24) is 15.1 Å². The number of likely N-dealkylation sites (tertiary alicyclic amines) is 1. The zero-order valence-electron chi connectivity index (χ0n) is 18.3. The van der Waals surface area contributed by atoms with Crippen molar-refractivity contribution in [2.45, 2.75) is 31.2 Å². The third-order valence-electron chi connectivity index (χ3n) is 6.74. The maximum Gasteiger partial charge on any atom is 0.227 e. The van der Waals surface area contributed by atoms with Crippen LogP contribution in [0.4, 0.5) is 0 Å². The fourth-order valence-corrected chi connectivity index (χ4v) is 4.76. The first kappa shape index (κ1) is 21.5. The summed E-state index contributed by atoms with van der Waals surface area (Å²) in [6.45, 7) is 4.47. The number of rotatable bonds is 7. The quantitative estimate of drug-likeness (QED) is 0.779. The molecular formula is C25H35N3O. The SMILES string of the molecule is CNC[C@H](C(=O)N1CCC(c2ccccc2)(N(C)C)CC1)[C@@H](C)c1ccccc1. The second kappa shape index (κ2) is 9.55. The van der Waals surface area contributed by atoms with Crippen LogP contribution in [0, 0.1) is 5.92 Å². The minimum Gasteiger partial charge on any atom is -0.342 e. The van der Waals surface area contributed by atoms with Crippen molar-refractivity contribution in [3.05, 3.63) is 71.8 Å². The van der Waals surface area contributed by atoms with Gasteiger partial charge in [-0.25, -0.2) is 0 Å². The highest BCUT2D eigenvalue weighted by atomic mass is 16.2. The molecule has 0 spiro atoms. The highest BCUT2D eigenvalue weighted by Gasteiger charge is 2.40. The lowest BCUT2D eigenvalue weighted by Crippen LogP contribution is -2.53. The molecule has 1 N–H and O–H groups in total. The number of hydrogen-bond donors (Lipinski definition) is 1. The van der Waals surface area contributed by atoms with Crippen LogP contribution in [-0.2, 0) is 10.3 Å². The smallest absolute Gasteiger partial charge is 0.227 e. The van der Waals surface area contributed by atoms with Crippen molar-refractivity contribution in [3.8, 4) is 0 Å². The molecule has 0 bridgehead atoms. The lowest BCUT2D eigenvalue weighted by molar-refractivity contribution is -0.138. The molecule has 4 heteroatoms. The number of carbonyl (C=O) groups is 1. The monoisotopic (exact) mass is 393 g/mol. The molecule has 3 rings (SSSR count). The molecule has 1 fully saturated rings. The summed E-state index contributed by atoms with van der Waals surface area (Å²) in [4.78, 5) is 17.9. The predicted octanol–water partition coefficient (Wildman–Crippen LogP) is 3.71. The first-order valence-electron chi connectivity index (χ1n) is 10.7. The molecular weight excluding hydrogens is 358 g/mol. The fraction of sp³-hybridized carbons (Fsp3) is 0.480. The molecule has 2 aromatic carbocycles. The Morgan fingerprint density at radius 3 is 2.10 bits per heavy atom. The molecule has 2 aromatic rings. The summed E-state index contributed by atoms with van der Waals surface area (Å²) in [6.07, 6.45) is 1.92. The van der Waals surface area contributed by atoms with Crippen LogP contribution in [0.25, 0.3) is 0 Å². The molecule has 1 heterocycles. The summed E-state index contributed by atoms with van der Waals surface area (Å²) in [5.74, 6) is 0.410. The summed E-state index contributed by atoms with van der Waals surface area (Å²) in [7, 11) is 6.25. The van der Waals surface area contributed by atoms with Gasteiger partial charge in [0.15, 0.2) is 0 Å². The van der Waals surface area contributed by atoms with Gasteiger partial charge in [0.2, 0.25) is 5.91 Å². The zero-order chi connectivity index (χ0) is 20.9. The molecule has 0 saturated carbocycles. The second-order valence-electron chi connectivity index (χ2n) is 8.48. The molecule has 1 aliphatic rings. The first-order valence-corrected chi connectivity index (χ1v) is 10.7. The van der Waals surface area contributed by atoms with Crippen LogP contribution < -0.4 is 5.32 Å². The van der Waals surface area contributed by atoms with Crippen LogP contribution in [0.3, 0.4) is 0 Å². The van der Waals surface area contributed by atoms with Gasteiger partial charge in [0.05, 0.1) is 5.92 Å². The minimum absolute atomic E-state index is 0.00158. The van der Waals surface area contributed by atoms with Crippen molar-refractivity contribution in [2.24, 2.45) is 5.92 Å². The van der Waals surface area contributed by atoms with Gasteiger partial charge in [-0.15, -0.1) is 0 Å². The molecule has 4 nitrogen and oxygen atoms in total. The molecule has 0 radical (unpaired) electrons. The predicted molar refractivity (Wildman–Crippen MR) is 120 cm³/mol. The molecule has 0 unspecified atom stereocenters. The van der Waals surface area contributed by atoms with Gasteiger partial charge in [-0.05, 0) is 51.0 Å². The van der Waals surface area contributed by atoms with E-state index in [4.69, 9.17) is 0 Å². The first-order chi connectivity index (χ1) is 14.0. The highest BCUT2D eigenvalue weighted by Crippen LogP contribution is 2.38. The van der Waals surface area contributed by atoms with Gasteiger partial charge in [-0.2, -0.15) is 0 Å². The number of nitrogens with zero attached hydrogens (tertiary/aromatic N) is 2. The van der Waals surface area contributed by atoms with E-state index >= 15 is 0 Å². The Morgan fingerprint density at radius 2 is 1.59 bits per heavy atom. The van der Waals surface area contributed by atoms with Crippen LogP contribution in [0.5, 0.6) is 0 Å². The van der Waals surface area contributed by atoms with Crippen molar-refractivity contribution >= 4 is 5.91 Å². The number of hydrogen-bond acceptors (Lipinski definition) is 3. The average molecular weight is 394 g/mol. The summed E-state index contributed by atoms with van der Waals surface area (Å²) in [6, 6.07) is 21.1. The Labute approximate surface area is 175 Å². The number of benzene rings is 2. The topological polar surface area (TPSA) is 35.6 Å². The van der Waals surface area contributed by atoms with Crippen LogP contribution in [0.15, 0.2) is 60.7 Å². The largest absolute Gasteiger partial charge is 0.342 e. The van der Waals surface area contributed by atoms with E-state index in [0.29, 0.717) is 6.54 Å². The van der Waals surface area contributed by atoms with Crippen LogP contribution >= 0.6 is 0 Å². The number of piperidine rings is 1. The third kappa shape index (κ3) is 4.54. The minimum atomic E-state index is -0.0500. The van der Waals surface area contributed by atoms with E-state index in [1.807, 2.05) is 13.1 Å². The van der Waals surface area contributed by atoms with E-state index in [2.05, 4.69) is 90.7 Å². The maximum absolute atomic E-state index is 13.5. The fourth-order valence-electron chi connectivity index (χ4n) is 4.76. The summed E-state index contributed by atoms with van der Waals surface area (Å²) in [5, 5.41) is 3.24. The molecule has 29 heavy (non-hydrogen) atoms. The van der Waals surface area contributed by atoms with Gasteiger partial charge in [0, 0.05) is 25.2 Å². The number of amides is 1. The van der Waals surface area contributed by atoms with Gasteiger partial charge in [-0.3, -0.25) is 9.69 Å². The highest BCUT2D eigenvalue weighted by molar-refractivity contribution is 5.80. The van der Waals surface area contributed by atoms with Crippen molar-refractivity contribution in [2.75, 3.05) is 40.8 Å². The molecule has 2 atom stereocenters. The Morgan fingerprint density at radius 1 is 1.03 bits per heavy atom. The Bertz CT molecular complexity index is 767. The number of carbonyl (C=O) groups excluding carboxylic acids is 1. The summed E-state index contributed by atoms with van der Waals surface area (Å²) >= 11 is 0. The lowest BCUT2D eigenvalue weighted by atomic mass is 9.79. The normalized spacial score (nSPS) is 18.4. The molecule has 0 aromatic heterocycles. The van der Waals surface area contributed by atoms with E-state index in [9.17, 15) is 4.79 Å². The summed E-state index contributed by atoms with van der Waals surface area (Å²) < 4.78 is 0. The summed E-state index contributed by atoms with van der Waals surface area (Å²) in [5.41, 5.74) is 2.58. The van der Waals surface area contributed by atoms with Crippen molar-refractivity contribution in [1.29, 1.82) is 0 Å². The van der Waals surface area contributed by atoms with Crippen molar-refractivity contribution < 1.29 is 4.79 Å². The van der Waals surface area contributed by atoms with E-state index in [0.717, 1.165) is 25.9 Å². The van der Waals surface area contributed by atoms with Crippen molar-refractivity contribution in [3.63, 3.8) is 0 Å². The van der Waals surface area contributed by atoms with E-state index in [1.54, 1.807) is 0 Å². The second-order valence-corrected chi connectivity index (χ2v) is 8.48. The zero-order valence-corrected chi connectivity index (χ0v) is 18.3. The third-order valence-corrected chi connectivity index (χ3v) is 6.74. The molecule has 0 aliphatic carbocycles. The van der Waals surface area contributed by atoms with Crippen LogP contribution in [-0.4, -0.2) is 56.5 Å². The van der Waals surface area contributed by atoms with Gasteiger partial charge < -0.3 is 10.2 Å². The van der Waals surface area contributed by atoms with E-state index in [-0.39, 0.29) is 23.3 Å². The Balaban J connectivity index is 1.75. The van der Waals surface area contributed by atoms with Gasteiger partial charge in [-0.1, -0.05) is 67.6 Å². The standard InChI is InChI=1S/C25H35N3O/c1-20(21-11-7-5-8-12-21)23(19-26-2)24(29)28-17-15-25(16-18-28,27(3)4)22-13-9-6-10-14-22/h5-14,20,23,26H,15-19H2,1-4H3/t20-,23-/m0/s1. The van der Waals surface area contributed by atoms with E-state index in [1.165, 1.54) is 11.1 Å². The van der Waals surface area contributed by atoms with Crippen LogP contribution in [0.1, 0.15) is 36.8 Å². The molecule has 1 amide bonds. The lowest BCUT2D eigenvalue weighted by Gasteiger charge is -2.47. The maximum atomic E-state index is 13.5. The van der Waals surface area contributed by atoms with Gasteiger partial charge >= 0.3 is 0 Å². The van der Waals surface area contributed by atoms with Gasteiger partial charge in [0.1, 0.15) is 0 Å². The average Bonchev–Trinajstić information content (AvgIpc) is 2.77. The molecule has 1 saturated heterocycles. The molecule has 1 aliphatic heterocycles. The number of nitrogens with one attached hydrogen (secondary N) is 1. The molecule has 156 valence electrons. The Hall–Kier alpha value is -2.17. The Kier molecular flexibility index (Phi) is 7.09. The van der Waals surface area contributed by atoms with Crippen LogP contribution in [0.2, 0.25) is 0 Å².